The summed E-state index contributed by atoms with van der Waals surface area (Å²) < 4.78 is 101. The molecule has 0 aliphatic rings. The van der Waals surface area contributed by atoms with Crippen LogP contribution in [-0.2, 0) is 26.4 Å². The smallest absolute Gasteiger partial charge is 0.417 e. The van der Waals surface area contributed by atoms with Crippen molar-refractivity contribution in [2.45, 2.75) is 46.5 Å². The Hall–Kier alpha value is -2.61. The van der Waals surface area contributed by atoms with Crippen LogP contribution < -0.4 is 5.30 Å². The maximum absolute atomic E-state index is 14.0. The fraction of sp³-hybridized carbons (Fsp3) is 0.440. The molecule has 2 aromatic rings. The zero-order chi connectivity index (χ0) is 27.5. The van der Waals surface area contributed by atoms with Gasteiger partial charge in [0.1, 0.15) is 6.16 Å². The predicted molar refractivity (Wildman–Crippen MR) is 124 cm³/mol. The number of alkyl halides is 6. The molecule has 4 nitrogen and oxygen atoms in total. The average Bonchev–Trinajstić information content (AvgIpc) is 2.75. The van der Waals surface area contributed by atoms with Gasteiger partial charge in [-0.3, -0.25) is 9.59 Å². The van der Waals surface area contributed by atoms with Crippen LogP contribution in [0, 0.1) is 11.3 Å². The first-order valence-electron chi connectivity index (χ1n) is 11.0. The second-order valence-corrected chi connectivity index (χ2v) is 12.5. The van der Waals surface area contributed by atoms with Gasteiger partial charge in [-0.1, -0.05) is 64.1 Å². The van der Waals surface area contributed by atoms with Gasteiger partial charge in [0.05, 0.1) is 23.3 Å². The van der Waals surface area contributed by atoms with Gasteiger partial charge in [-0.05, 0) is 29.9 Å². The highest BCUT2D eigenvalue weighted by Gasteiger charge is 2.48. The van der Waals surface area contributed by atoms with E-state index in [0.29, 0.717) is 24.6 Å². The van der Waals surface area contributed by atoms with Crippen LogP contribution in [0.5, 0.6) is 0 Å². The van der Waals surface area contributed by atoms with Gasteiger partial charge in [-0.25, -0.2) is 0 Å². The molecule has 0 N–H and O–H groups in total. The van der Waals surface area contributed by atoms with Crippen LogP contribution in [0.3, 0.4) is 0 Å². The standard InChI is InChI=1S/C25H27F6O4P/c1-16(13-23(2,3)4)14-35-20(32)15-36(34,17-9-6-5-7-10-17)22(33)21-18(24(26,27)28)11-8-12-19(21)25(29,30)31/h5-12,16H,13-15H2,1-4H3. The Morgan fingerprint density at radius 2 is 1.36 bits per heavy atom. The van der Waals surface area contributed by atoms with E-state index in [0.717, 1.165) is 12.1 Å². The Kier molecular flexibility index (Phi) is 8.88. The molecule has 2 rings (SSSR count). The molecule has 0 bridgehead atoms. The van der Waals surface area contributed by atoms with E-state index >= 15 is 0 Å². The first kappa shape index (κ1) is 29.6. The molecular formula is C25H27F6O4P. The number of hydrogen-bond acceptors (Lipinski definition) is 4. The third-order valence-electron chi connectivity index (χ3n) is 5.23. The molecule has 0 saturated heterocycles. The summed E-state index contributed by atoms with van der Waals surface area (Å²) >= 11 is 0. The topological polar surface area (TPSA) is 60.4 Å². The summed E-state index contributed by atoms with van der Waals surface area (Å²) in [4.78, 5) is 26.0. The number of ether oxygens (including phenoxy) is 1. The van der Waals surface area contributed by atoms with Gasteiger partial charge in [-0.2, -0.15) is 26.3 Å². The lowest BCUT2D eigenvalue weighted by Crippen LogP contribution is -2.27. The largest absolute Gasteiger partial charge is 0.465 e. The van der Waals surface area contributed by atoms with Crippen LogP contribution >= 0.6 is 7.14 Å². The summed E-state index contributed by atoms with van der Waals surface area (Å²) in [7, 11) is -4.85. The minimum Gasteiger partial charge on any atom is -0.465 e. The normalized spacial score (nSPS) is 15.2. The first-order chi connectivity index (χ1) is 16.4. The van der Waals surface area contributed by atoms with E-state index in [4.69, 9.17) is 4.74 Å². The zero-order valence-electron chi connectivity index (χ0n) is 20.2. The van der Waals surface area contributed by atoms with E-state index in [-0.39, 0.29) is 23.2 Å². The van der Waals surface area contributed by atoms with Crippen molar-refractivity contribution in [3.63, 3.8) is 0 Å². The third kappa shape index (κ3) is 7.45. The highest BCUT2D eigenvalue weighted by atomic mass is 31.2. The number of esters is 1. The molecule has 198 valence electrons. The van der Waals surface area contributed by atoms with Gasteiger partial charge in [0.2, 0.25) is 5.52 Å². The molecule has 2 aromatic carbocycles. The summed E-state index contributed by atoms with van der Waals surface area (Å²) in [6, 6.07) is 7.46. The molecule has 0 aliphatic heterocycles. The lowest BCUT2D eigenvalue weighted by molar-refractivity contribution is -0.144. The van der Waals surface area contributed by atoms with Gasteiger partial charge in [0.15, 0.2) is 7.14 Å². The molecule has 0 fully saturated rings. The highest BCUT2D eigenvalue weighted by molar-refractivity contribution is 7.88. The van der Waals surface area contributed by atoms with Gasteiger partial charge >= 0.3 is 18.3 Å². The molecule has 2 unspecified atom stereocenters. The van der Waals surface area contributed by atoms with E-state index in [9.17, 15) is 40.5 Å². The fourth-order valence-electron chi connectivity index (χ4n) is 3.95. The van der Waals surface area contributed by atoms with E-state index in [2.05, 4.69) is 0 Å². The second-order valence-electron chi connectivity index (χ2n) is 9.82. The van der Waals surface area contributed by atoms with Crippen LogP contribution in [0.1, 0.15) is 55.6 Å². The van der Waals surface area contributed by atoms with Crippen molar-refractivity contribution in [3.8, 4) is 0 Å². The minimum atomic E-state index is -5.35. The zero-order valence-corrected chi connectivity index (χ0v) is 21.1. The van der Waals surface area contributed by atoms with Crippen LogP contribution in [0.15, 0.2) is 48.5 Å². The third-order valence-corrected chi connectivity index (χ3v) is 7.95. The molecule has 0 heterocycles. The van der Waals surface area contributed by atoms with Crippen molar-refractivity contribution < 1.29 is 45.2 Å². The van der Waals surface area contributed by atoms with Gasteiger partial charge in [0.25, 0.3) is 0 Å². The number of benzene rings is 2. The van der Waals surface area contributed by atoms with E-state index < -0.39 is 53.8 Å². The van der Waals surface area contributed by atoms with Crippen molar-refractivity contribution >= 4 is 23.9 Å². The summed E-state index contributed by atoms with van der Waals surface area (Å²) in [6.07, 6.45) is -11.2. The second kappa shape index (κ2) is 10.8. The molecular weight excluding hydrogens is 509 g/mol. The van der Waals surface area contributed by atoms with E-state index in [1.165, 1.54) is 18.2 Å². The molecule has 36 heavy (non-hydrogen) atoms. The van der Waals surface area contributed by atoms with Crippen molar-refractivity contribution in [3.05, 3.63) is 65.2 Å². The quantitative estimate of drug-likeness (QED) is 0.204. The molecule has 0 radical (unpaired) electrons. The van der Waals surface area contributed by atoms with Gasteiger partial charge < -0.3 is 9.30 Å². The summed E-state index contributed by atoms with van der Waals surface area (Å²) in [5.41, 5.74) is -7.56. The van der Waals surface area contributed by atoms with Crippen LogP contribution in [0.25, 0.3) is 0 Å². The number of halogens is 6. The number of carbonyl (C=O) groups is 2. The predicted octanol–water partition coefficient (Wildman–Crippen LogP) is 7.17. The summed E-state index contributed by atoms with van der Waals surface area (Å²) in [6.45, 7) is 7.55. The molecule has 0 aromatic heterocycles. The Bertz CT molecular complexity index is 1100. The lowest BCUT2D eigenvalue weighted by atomic mass is 9.86. The minimum absolute atomic E-state index is 0.101. The van der Waals surface area contributed by atoms with Crippen molar-refractivity contribution in [2.75, 3.05) is 12.8 Å². The molecule has 0 aliphatic carbocycles. The van der Waals surface area contributed by atoms with Crippen LogP contribution in [0.2, 0.25) is 0 Å². The van der Waals surface area contributed by atoms with E-state index in [1.54, 1.807) is 6.92 Å². The number of hydrogen-bond donors (Lipinski definition) is 0. The molecule has 0 amide bonds. The Balaban J connectivity index is 2.57. The van der Waals surface area contributed by atoms with Crippen LogP contribution in [-0.4, -0.2) is 24.3 Å². The molecule has 2 atom stereocenters. The van der Waals surface area contributed by atoms with Gasteiger partial charge in [0, 0.05) is 5.30 Å². The van der Waals surface area contributed by atoms with Gasteiger partial charge in [-0.15, -0.1) is 0 Å². The Labute approximate surface area is 205 Å². The van der Waals surface area contributed by atoms with Crippen LogP contribution in [0.4, 0.5) is 26.3 Å². The van der Waals surface area contributed by atoms with Crippen molar-refractivity contribution in [2.24, 2.45) is 11.3 Å². The molecule has 11 heteroatoms. The van der Waals surface area contributed by atoms with Crippen molar-refractivity contribution in [1.82, 2.24) is 0 Å². The summed E-state index contributed by atoms with van der Waals surface area (Å²) in [5, 5.41) is -0.347. The Morgan fingerprint density at radius 3 is 1.81 bits per heavy atom. The maximum Gasteiger partial charge on any atom is 0.417 e. The molecule has 0 saturated carbocycles. The number of rotatable bonds is 8. The summed E-state index contributed by atoms with van der Waals surface area (Å²) in [5.74, 6) is -1.29. The lowest BCUT2D eigenvalue weighted by Gasteiger charge is -2.24. The average molecular weight is 536 g/mol. The first-order valence-corrected chi connectivity index (χ1v) is 12.9. The monoisotopic (exact) mass is 536 g/mol. The Morgan fingerprint density at radius 1 is 0.861 bits per heavy atom. The SMILES string of the molecule is CC(COC(=O)CP(=O)(C(=O)c1c(C(F)(F)F)cccc1C(F)(F)F)c1ccccc1)CC(C)(C)C. The maximum atomic E-state index is 14.0. The molecule has 0 spiro atoms. The highest BCUT2D eigenvalue weighted by Crippen LogP contribution is 2.52. The number of carbonyl (C=O) groups excluding carboxylic acids is 2. The van der Waals surface area contributed by atoms with Crippen molar-refractivity contribution in [1.29, 1.82) is 0 Å². The van der Waals surface area contributed by atoms with E-state index in [1.807, 2.05) is 20.8 Å². The fourth-order valence-corrected chi connectivity index (χ4v) is 6.22.